The Hall–Kier alpha value is -0.800. The second-order valence-corrected chi connectivity index (χ2v) is 4.44. The van der Waals surface area contributed by atoms with E-state index in [1.165, 1.54) is 12.1 Å². The second-order valence-electron chi connectivity index (χ2n) is 4.44. The van der Waals surface area contributed by atoms with Crippen LogP contribution in [0.15, 0.2) is 18.2 Å². The highest BCUT2D eigenvalue weighted by molar-refractivity contribution is 5.37. The monoisotopic (exact) mass is 231 g/mol. The molecule has 0 aliphatic carbocycles. The predicted molar refractivity (Wildman–Crippen MR) is 51.4 cm³/mol. The van der Waals surface area contributed by atoms with E-state index in [1.54, 1.807) is 6.07 Å². The van der Waals surface area contributed by atoms with E-state index in [0.717, 1.165) is 17.7 Å². The van der Waals surface area contributed by atoms with Crippen LogP contribution in [0.5, 0.6) is 5.75 Å². The van der Waals surface area contributed by atoms with Crippen molar-refractivity contribution in [1.82, 2.24) is 0 Å². The first-order valence-electron chi connectivity index (χ1n) is 4.79. The topological polar surface area (TPSA) is 36.9 Å². The minimum Gasteiger partial charge on any atom is -1.00 e. The molecule has 0 amide bonds. The number of quaternary nitrogens is 1. The van der Waals surface area contributed by atoms with Gasteiger partial charge in [-0.3, -0.25) is 0 Å². The SMILES string of the molecule is CC1(C)C[C@H]([NH3+])c2cc(F)ccc2O1.[Cl-]. The van der Waals surface area contributed by atoms with Crippen LogP contribution >= 0.6 is 0 Å². The molecule has 0 spiro atoms. The molecule has 0 saturated heterocycles. The Morgan fingerprint density at radius 2 is 2.13 bits per heavy atom. The fourth-order valence-electron chi connectivity index (χ4n) is 1.97. The minimum atomic E-state index is -0.222. The van der Waals surface area contributed by atoms with Crippen molar-refractivity contribution in [3.63, 3.8) is 0 Å². The molecule has 1 aromatic rings. The molecule has 1 heterocycles. The van der Waals surface area contributed by atoms with Gasteiger partial charge in [0, 0.05) is 6.42 Å². The van der Waals surface area contributed by atoms with Gasteiger partial charge in [0.1, 0.15) is 23.2 Å². The Bertz CT molecular complexity index is 368. The summed E-state index contributed by atoms with van der Waals surface area (Å²) in [4.78, 5) is 0. The van der Waals surface area contributed by atoms with Crippen LogP contribution in [0, 0.1) is 5.82 Å². The van der Waals surface area contributed by atoms with Crippen LogP contribution in [0.25, 0.3) is 0 Å². The molecule has 0 radical (unpaired) electrons. The fourth-order valence-corrected chi connectivity index (χ4v) is 1.97. The Labute approximate surface area is 95.0 Å². The van der Waals surface area contributed by atoms with Crippen molar-refractivity contribution in [2.75, 3.05) is 0 Å². The third-order valence-corrected chi connectivity index (χ3v) is 2.54. The molecule has 15 heavy (non-hydrogen) atoms. The van der Waals surface area contributed by atoms with Gasteiger partial charge in [-0.25, -0.2) is 4.39 Å². The maximum absolute atomic E-state index is 13.0. The van der Waals surface area contributed by atoms with E-state index in [9.17, 15) is 4.39 Å². The second kappa shape index (κ2) is 3.99. The van der Waals surface area contributed by atoms with Crippen LogP contribution in [-0.2, 0) is 0 Å². The molecular formula is C11H15ClFNO. The molecule has 1 aromatic carbocycles. The summed E-state index contributed by atoms with van der Waals surface area (Å²) in [5, 5.41) is 0. The molecule has 1 aliphatic heterocycles. The standard InChI is InChI=1S/C11H14FNO.ClH/c1-11(2)6-9(13)8-5-7(12)3-4-10(8)14-11;/h3-5,9H,6,13H2,1-2H3;1H/t9-;/m0./s1. The summed E-state index contributed by atoms with van der Waals surface area (Å²) in [6.07, 6.45) is 0.823. The molecule has 0 bridgehead atoms. The molecule has 2 rings (SSSR count). The number of halogens is 2. The Balaban J connectivity index is 0.00000112. The zero-order valence-corrected chi connectivity index (χ0v) is 9.64. The van der Waals surface area contributed by atoms with Crippen molar-refractivity contribution < 1.29 is 27.3 Å². The molecule has 1 aliphatic rings. The largest absolute Gasteiger partial charge is 1.00 e. The van der Waals surface area contributed by atoms with E-state index >= 15 is 0 Å². The molecule has 2 nitrogen and oxygen atoms in total. The average molecular weight is 232 g/mol. The third-order valence-electron chi connectivity index (χ3n) is 2.54. The summed E-state index contributed by atoms with van der Waals surface area (Å²) in [6.45, 7) is 4.05. The van der Waals surface area contributed by atoms with Crippen molar-refractivity contribution in [2.24, 2.45) is 0 Å². The van der Waals surface area contributed by atoms with Gasteiger partial charge >= 0.3 is 0 Å². The summed E-state index contributed by atoms with van der Waals surface area (Å²) < 4.78 is 18.7. The number of hydrogen-bond donors (Lipinski definition) is 1. The van der Waals surface area contributed by atoms with E-state index in [2.05, 4.69) is 5.73 Å². The van der Waals surface area contributed by atoms with E-state index < -0.39 is 0 Å². The lowest BCUT2D eigenvalue weighted by atomic mass is 9.90. The first kappa shape index (κ1) is 12.3. The lowest BCUT2D eigenvalue weighted by Gasteiger charge is -2.34. The average Bonchev–Trinajstić information content (AvgIpc) is 2.05. The first-order chi connectivity index (χ1) is 6.48. The lowest BCUT2D eigenvalue weighted by Crippen LogP contribution is -3.00. The van der Waals surface area contributed by atoms with Crippen LogP contribution in [0.4, 0.5) is 4.39 Å². The van der Waals surface area contributed by atoms with Crippen molar-refractivity contribution in [1.29, 1.82) is 0 Å². The van der Waals surface area contributed by atoms with Crippen LogP contribution in [0.1, 0.15) is 31.9 Å². The van der Waals surface area contributed by atoms with Gasteiger partial charge in [0.05, 0.1) is 5.56 Å². The zero-order valence-electron chi connectivity index (χ0n) is 8.89. The summed E-state index contributed by atoms with van der Waals surface area (Å²) in [6, 6.07) is 4.74. The fraction of sp³-hybridized carbons (Fsp3) is 0.455. The van der Waals surface area contributed by atoms with Crippen LogP contribution in [0.3, 0.4) is 0 Å². The van der Waals surface area contributed by atoms with E-state index in [-0.39, 0.29) is 29.9 Å². The molecule has 4 heteroatoms. The van der Waals surface area contributed by atoms with Crippen molar-refractivity contribution >= 4 is 0 Å². The third kappa shape index (κ3) is 2.41. The van der Waals surface area contributed by atoms with Gasteiger partial charge in [-0.05, 0) is 32.0 Å². The molecule has 84 valence electrons. The Kier molecular flexibility index (Phi) is 3.26. The number of fused-ring (bicyclic) bond motifs is 1. The maximum atomic E-state index is 13.0. The van der Waals surface area contributed by atoms with Crippen molar-refractivity contribution in [3.05, 3.63) is 29.6 Å². The molecule has 0 unspecified atom stereocenters. The Morgan fingerprint density at radius 1 is 1.47 bits per heavy atom. The van der Waals surface area contributed by atoms with Gasteiger partial charge in [0.25, 0.3) is 0 Å². The van der Waals surface area contributed by atoms with E-state index in [4.69, 9.17) is 4.74 Å². The van der Waals surface area contributed by atoms with Crippen molar-refractivity contribution in [2.45, 2.75) is 31.9 Å². The van der Waals surface area contributed by atoms with Gasteiger partial charge in [-0.1, -0.05) is 0 Å². The summed E-state index contributed by atoms with van der Waals surface area (Å²) >= 11 is 0. The number of hydrogen-bond acceptors (Lipinski definition) is 1. The van der Waals surface area contributed by atoms with Crippen molar-refractivity contribution in [3.8, 4) is 5.75 Å². The molecular weight excluding hydrogens is 217 g/mol. The highest BCUT2D eigenvalue weighted by Gasteiger charge is 2.34. The minimum absolute atomic E-state index is 0. The molecule has 0 aromatic heterocycles. The molecule has 0 saturated carbocycles. The van der Waals surface area contributed by atoms with Gasteiger partial charge in [0.2, 0.25) is 0 Å². The summed E-state index contributed by atoms with van der Waals surface area (Å²) in [5.74, 6) is 0.545. The maximum Gasteiger partial charge on any atom is 0.129 e. The molecule has 0 fully saturated rings. The highest BCUT2D eigenvalue weighted by atomic mass is 35.5. The lowest BCUT2D eigenvalue weighted by molar-refractivity contribution is -0.435. The molecule has 3 N–H and O–H groups in total. The van der Waals surface area contributed by atoms with E-state index in [0.29, 0.717) is 0 Å². The quantitative estimate of drug-likeness (QED) is 0.591. The Morgan fingerprint density at radius 3 is 2.80 bits per heavy atom. The predicted octanol–water partition coefficient (Wildman–Crippen LogP) is -1.33. The van der Waals surface area contributed by atoms with Crippen LogP contribution < -0.4 is 22.9 Å². The first-order valence-corrected chi connectivity index (χ1v) is 4.79. The normalized spacial score (nSPS) is 22.3. The zero-order chi connectivity index (χ0) is 10.3. The summed E-state index contributed by atoms with van der Waals surface area (Å²) in [5.41, 5.74) is 4.71. The smallest absolute Gasteiger partial charge is 0.129 e. The summed E-state index contributed by atoms with van der Waals surface area (Å²) in [7, 11) is 0. The highest BCUT2D eigenvalue weighted by Crippen LogP contribution is 2.37. The van der Waals surface area contributed by atoms with Crippen LogP contribution in [0.2, 0.25) is 0 Å². The van der Waals surface area contributed by atoms with Gasteiger partial charge < -0.3 is 22.9 Å². The van der Waals surface area contributed by atoms with Crippen LogP contribution in [-0.4, -0.2) is 5.60 Å². The number of benzene rings is 1. The van der Waals surface area contributed by atoms with E-state index in [1.807, 2.05) is 13.8 Å². The number of rotatable bonds is 0. The molecule has 1 atom stereocenters. The van der Waals surface area contributed by atoms with Gasteiger partial charge in [-0.2, -0.15) is 0 Å². The number of ether oxygens (including phenoxy) is 1. The van der Waals surface area contributed by atoms with Gasteiger partial charge in [0.15, 0.2) is 0 Å². The van der Waals surface area contributed by atoms with Gasteiger partial charge in [-0.15, -0.1) is 0 Å².